The number of para-hydroxylation sites is 1. The van der Waals surface area contributed by atoms with Crippen molar-refractivity contribution in [2.45, 2.75) is 25.2 Å². The number of rotatable bonds is 5. The third-order valence-corrected chi connectivity index (χ3v) is 7.10. The van der Waals surface area contributed by atoms with Crippen molar-refractivity contribution in [2.75, 3.05) is 11.9 Å². The second kappa shape index (κ2) is 9.86. The molecule has 5 aromatic rings. The molecule has 1 aliphatic rings. The molecule has 5 heteroatoms. The molecule has 0 saturated carbocycles. The van der Waals surface area contributed by atoms with Gasteiger partial charge in [0.05, 0.1) is 11.1 Å². The van der Waals surface area contributed by atoms with E-state index >= 15 is 0 Å². The van der Waals surface area contributed by atoms with Crippen LogP contribution in [0.5, 0.6) is 0 Å². The van der Waals surface area contributed by atoms with Crippen molar-refractivity contribution < 1.29 is 14.3 Å². The van der Waals surface area contributed by atoms with Crippen LogP contribution >= 0.6 is 0 Å². The second-order valence-corrected chi connectivity index (χ2v) is 9.47. The number of hydrogen-bond acceptors (Lipinski definition) is 4. The average molecular weight is 487 g/mol. The van der Waals surface area contributed by atoms with Gasteiger partial charge in [0.2, 0.25) is 0 Å². The van der Waals surface area contributed by atoms with E-state index in [0.29, 0.717) is 23.6 Å². The van der Waals surface area contributed by atoms with E-state index in [1.807, 2.05) is 84.9 Å². The van der Waals surface area contributed by atoms with Crippen LogP contribution in [0.4, 0.5) is 5.69 Å². The van der Waals surface area contributed by atoms with Crippen molar-refractivity contribution >= 4 is 39.2 Å². The number of amides is 1. The van der Waals surface area contributed by atoms with Crippen molar-refractivity contribution in [1.82, 2.24) is 4.98 Å². The molecule has 1 atom stereocenters. The Hall–Kier alpha value is -4.51. The molecule has 6 rings (SSSR count). The van der Waals surface area contributed by atoms with Gasteiger partial charge in [-0.1, -0.05) is 78.9 Å². The number of esters is 1. The molecule has 0 saturated heterocycles. The molecule has 1 amide bonds. The molecule has 0 aliphatic heterocycles. The Labute approximate surface area is 215 Å². The lowest BCUT2D eigenvalue weighted by molar-refractivity contribution is -0.119. The summed E-state index contributed by atoms with van der Waals surface area (Å²) < 4.78 is 5.59. The maximum absolute atomic E-state index is 13.5. The smallest absolute Gasteiger partial charge is 0.339 e. The van der Waals surface area contributed by atoms with Gasteiger partial charge in [-0.25, -0.2) is 4.79 Å². The van der Waals surface area contributed by atoms with E-state index in [4.69, 9.17) is 9.72 Å². The van der Waals surface area contributed by atoms with Crippen molar-refractivity contribution in [2.24, 2.45) is 0 Å². The minimum Gasteiger partial charge on any atom is -0.452 e. The first-order chi connectivity index (χ1) is 18.2. The van der Waals surface area contributed by atoms with Crippen LogP contribution in [0.15, 0.2) is 97.1 Å². The van der Waals surface area contributed by atoms with E-state index in [2.05, 4.69) is 17.4 Å². The Kier molecular flexibility index (Phi) is 6.11. The predicted molar refractivity (Wildman–Crippen MR) is 146 cm³/mol. The minimum atomic E-state index is -0.489. The molecule has 1 heterocycles. The molecule has 182 valence electrons. The van der Waals surface area contributed by atoms with Crippen LogP contribution in [0, 0.1) is 0 Å². The van der Waals surface area contributed by atoms with Crippen molar-refractivity contribution in [3.8, 4) is 0 Å². The number of carbonyl (C=O) groups excluding carboxylic acids is 2. The summed E-state index contributed by atoms with van der Waals surface area (Å²) >= 11 is 0. The Bertz CT molecular complexity index is 1630. The largest absolute Gasteiger partial charge is 0.452 e. The molecule has 1 aromatic heterocycles. The molecule has 0 fully saturated rings. The Morgan fingerprint density at radius 2 is 1.62 bits per heavy atom. The summed E-state index contributed by atoms with van der Waals surface area (Å²) in [4.78, 5) is 31.0. The van der Waals surface area contributed by atoms with Crippen LogP contribution in [0.1, 0.15) is 39.5 Å². The van der Waals surface area contributed by atoms with E-state index in [-0.39, 0.29) is 12.5 Å². The topological polar surface area (TPSA) is 68.3 Å². The van der Waals surface area contributed by atoms with Gasteiger partial charge >= 0.3 is 5.97 Å². The fraction of sp³-hybridized carbons (Fsp3) is 0.156. The highest BCUT2D eigenvalue weighted by Crippen LogP contribution is 2.36. The number of nitrogens with one attached hydrogen (secondary N) is 1. The normalized spacial score (nSPS) is 14.8. The minimum absolute atomic E-state index is 0.305. The summed E-state index contributed by atoms with van der Waals surface area (Å²) in [6.07, 6.45) is 2.48. The van der Waals surface area contributed by atoms with Gasteiger partial charge < -0.3 is 10.1 Å². The number of nitrogens with zero attached hydrogens (tertiary/aromatic N) is 1. The summed E-state index contributed by atoms with van der Waals surface area (Å²) in [6.45, 7) is -0.362. The average Bonchev–Trinajstić information content (AvgIpc) is 2.94. The lowest BCUT2D eigenvalue weighted by Crippen LogP contribution is -2.23. The second-order valence-electron chi connectivity index (χ2n) is 9.47. The van der Waals surface area contributed by atoms with Gasteiger partial charge in [0, 0.05) is 16.8 Å². The monoisotopic (exact) mass is 486 g/mol. The highest BCUT2D eigenvalue weighted by Gasteiger charge is 2.28. The first kappa shape index (κ1) is 22.9. The Morgan fingerprint density at radius 3 is 2.49 bits per heavy atom. The molecule has 1 aliphatic carbocycles. The number of anilines is 1. The standard InChI is InChI=1S/C32H26N2O3/c35-30(33-25-16-14-22-10-4-5-11-23(22)18-25)20-37-32(36)31-26-12-6-7-13-28(26)34-29-17-15-24(19-27(29)31)21-8-2-1-3-9-21/h1-14,16,18,24H,15,17,19-20H2,(H,33,35). The molecule has 4 aromatic carbocycles. The van der Waals surface area contributed by atoms with Crippen molar-refractivity contribution in [3.05, 3.63) is 119 Å². The number of aryl methyl sites for hydroxylation is 1. The van der Waals surface area contributed by atoms with E-state index in [0.717, 1.165) is 45.8 Å². The molecule has 0 bridgehead atoms. The number of fused-ring (bicyclic) bond motifs is 3. The lowest BCUT2D eigenvalue weighted by atomic mass is 9.80. The number of benzene rings is 4. The van der Waals surface area contributed by atoms with E-state index in [9.17, 15) is 9.59 Å². The fourth-order valence-electron chi connectivity index (χ4n) is 5.30. The first-order valence-electron chi connectivity index (χ1n) is 12.6. The van der Waals surface area contributed by atoms with Gasteiger partial charge in [0.15, 0.2) is 6.61 Å². The Balaban J connectivity index is 1.24. The van der Waals surface area contributed by atoms with E-state index in [1.54, 1.807) is 0 Å². The van der Waals surface area contributed by atoms with Crippen LogP contribution < -0.4 is 5.32 Å². The summed E-state index contributed by atoms with van der Waals surface area (Å²) in [5.41, 5.74) is 5.09. The van der Waals surface area contributed by atoms with Crippen LogP contribution in [0.3, 0.4) is 0 Å². The van der Waals surface area contributed by atoms with Crippen LogP contribution in [0.2, 0.25) is 0 Å². The number of pyridine rings is 1. The zero-order chi connectivity index (χ0) is 25.2. The number of aromatic nitrogens is 1. The summed E-state index contributed by atoms with van der Waals surface area (Å²) in [7, 11) is 0. The maximum atomic E-state index is 13.5. The molecule has 5 nitrogen and oxygen atoms in total. The maximum Gasteiger partial charge on any atom is 0.339 e. The van der Waals surface area contributed by atoms with Gasteiger partial charge in [-0.3, -0.25) is 9.78 Å². The molecule has 0 spiro atoms. The van der Waals surface area contributed by atoms with Crippen LogP contribution in [-0.2, 0) is 22.4 Å². The predicted octanol–water partition coefficient (Wildman–Crippen LogP) is 6.46. The van der Waals surface area contributed by atoms with E-state index in [1.165, 1.54) is 5.56 Å². The zero-order valence-corrected chi connectivity index (χ0v) is 20.3. The first-order valence-corrected chi connectivity index (χ1v) is 12.6. The molecule has 1 unspecified atom stereocenters. The molecular formula is C32H26N2O3. The van der Waals surface area contributed by atoms with Crippen LogP contribution in [-0.4, -0.2) is 23.5 Å². The third kappa shape index (κ3) is 4.68. The third-order valence-electron chi connectivity index (χ3n) is 7.10. The van der Waals surface area contributed by atoms with Crippen molar-refractivity contribution in [3.63, 3.8) is 0 Å². The Morgan fingerprint density at radius 1 is 0.865 bits per heavy atom. The van der Waals surface area contributed by atoms with Crippen LogP contribution in [0.25, 0.3) is 21.7 Å². The fourth-order valence-corrected chi connectivity index (χ4v) is 5.30. The van der Waals surface area contributed by atoms with Gasteiger partial charge in [-0.2, -0.15) is 0 Å². The summed E-state index contributed by atoms with van der Waals surface area (Å²) in [5.74, 6) is -0.560. The highest BCUT2D eigenvalue weighted by molar-refractivity contribution is 6.06. The summed E-state index contributed by atoms with van der Waals surface area (Å²) in [6, 6.07) is 31.7. The zero-order valence-electron chi connectivity index (χ0n) is 20.3. The van der Waals surface area contributed by atoms with E-state index < -0.39 is 5.97 Å². The molecule has 1 N–H and O–H groups in total. The molecule has 0 radical (unpaired) electrons. The summed E-state index contributed by atoms with van der Waals surface area (Å²) in [5, 5.41) is 5.72. The van der Waals surface area contributed by atoms with Gasteiger partial charge in [-0.05, 0) is 65.3 Å². The van der Waals surface area contributed by atoms with Gasteiger partial charge in [0.25, 0.3) is 5.91 Å². The number of hydrogen-bond donors (Lipinski definition) is 1. The lowest BCUT2D eigenvalue weighted by Gasteiger charge is -2.26. The SMILES string of the molecule is O=C(COC(=O)c1c2c(nc3ccccc13)CCC(c1ccccc1)C2)Nc1ccc2ccccc2c1. The van der Waals surface area contributed by atoms with Gasteiger partial charge in [-0.15, -0.1) is 0 Å². The molecular weight excluding hydrogens is 460 g/mol. The van der Waals surface area contributed by atoms with Gasteiger partial charge in [0.1, 0.15) is 0 Å². The van der Waals surface area contributed by atoms with Crippen molar-refractivity contribution in [1.29, 1.82) is 0 Å². The molecule has 37 heavy (non-hydrogen) atoms. The number of carbonyl (C=O) groups is 2. The number of ether oxygens (including phenoxy) is 1. The quantitative estimate of drug-likeness (QED) is 0.290. The highest BCUT2D eigenvalue weighted by atomic mass is 16.5.